The number of benzene rings is 1. The second-order valence-corrected chi connectivity index (χ2v) is 8.10. The maximum Gasteiger partial charge on any atom is 0.256 e. The molecule has 0 atom stereocenters. The van der Waals surface area contributed by atoms with Gasteiger partial charge in [-0.05, 0) is 43.2 Å². The van der Waals surface area contributed by atoms with E-state index in [2.05, 4.69) is 16.2 Å². The lowest BCUT2D eigenvalue weighted by Crippen LogP contribution is -2.35. The maximum atomic E-state index is 12.9. The number of anilines is 1. The molecule has 2 aromatic rings. The summed E-state index contributed by atoms with van der Waals surface area (Å²) in [5.74, 6) is 2.05. The van der Waals surface area contributed by atoms with E-state index in [9.17, 15) is 9.59 Å². The summed E-state index contributed by atoms with van der Waals surface area (Å²) < 4.78 is 0. The van der Waals surface area contributed by atoms with Crippen molar-refractivity contribution < 1.29 is 9.59 Å². The fourth-order valence-corrected chi connectivity index (χ4v) is 4.48. The van der Waals surface area contributed by atoms with Gasteiger partial charge in [0.25, 0.3) is 5.91 Å². The van der Waals surface area contributed by atoms with Crippen molar-refractivity contribution in [2.45, 2.75) is 36.0 Å². The summed E-state index contributed by atoms with van der Waals surface area (Å²) in [5, 5.41) is 4.03. The highest BCUT2D eigenvalue weighted by atomic mass is 32.2. The predicted molar refractivity (Wildman–Crippen MR) is 112 cm³/mol. The van der Waals surface area contributed by atoms with Crippen LogP contribution in [0.3, 0.4) is 0 Å². The quantitative estimate of drug-likeness (QED) is 0.758. The van der Waals surface area contributed by atoms with Crippen molar-refractivity contribution in [3.63, 3.8) is 0 Å². The van der Waals surface area contributed by atoms with Crippen LogP contribution in [-0.4, -0.2) is 40.5 Å². The predicted octanol–water partition coefficient (Wildman–Crippen LogP) is 3.81. The highest BCUT2D eigenvalue weighted by molar-refractivity contribution is 7.99. The number of nitrogens with zero attached hydrogens (tertiary/aromatic N) is 2. The van der Waals surface area contributed by atoms with Crippen LogP contribution in [0.15, 0.2) is 47.6 Å². The molecule has 1 aromatic heterocycles. The lowest BCUT2D eigenvalue weighted by Gasteiger charge is -2.19. The van der Waals surface area contributed by atoms with Crippen LogP contribution in [0.4, 0.5) is 5.69 Å². The first-order valence-corrected chi connectivity index (χ1v) is 10.2. The number of terminal acetylenes is 1. The molecule has 2 amide bonds. The third-order valence-electron chi connectivity index (χ3n) is 4.62. The summed E-state index contributed by atoms with van der Waals surface area (Å²) >= 11 is 1.67. The number of likely N-dealkylation sites (N-methyl/N-ethyl adjacent to an activating group) is 1. The van der Waals surface area contributed by atoms with Crippen LogP contribution in [-0.2, 0) is 4.79 Å². The van der Waals surface area contributed by atoms with Crippen LogP contribution in [0.2, 0.25) is 0 Å². The first-order chi connectivity index (χ1) is 13.6. The maximum absolute atomic E-state index is 12.9. The molecule has 28 heavy (non-hydrogen) atoms. The SMILES string of the molecule is C#Cc1cccc(NC(=O)CN(C)C(=O)c2cccnc2SC2CCCC2)c1. The van der Waals surface area contributed by atoms with E-state index in [0.717, 1.165) is 17.9 Å². The third-order valence-corrected chi connectivity index (χ3v) is 5.98. The minimum atomic E-state index is -0.279. The zero-order chi connectivity index (χ0) is 19.9. The molecule has 3 rings (SSSR count). The number of hydrogen-bond acceptors (Lipinski definition) is 4. The summed E-state index contributed by atoms with van der Waals surface area (Å²) in [7, 11) is 1.62. The molecule has 1 aromatic carbocycles. The van der Waals surface area contributed by atoms with Crippen LogP contribution in [0.5, 0.6) is 0 Å². The molecular formula is C22H23N3O2S. The Labute approximate surface area is 169 Å². The monoisotopic (exact) mass is 393 g/mol. The van der Waals surface area contributed by atoms with Crippen LogP contribution in [0.25, 0.3) is 0 Å². The molecule has 0 spiro atoms. The summed E-state index contributed by atoms with van der Waals surface area (Å²) in [6, 6.07) is 10.6. The average molecular weight is 394 g/mol. The molecule has 1 saturated carbocycles. The zero-order valence-corrected chi connectivity index (χ0v) is 16.7. The minimum Gasteiger partial charge on any atom is -0.332 e. The van der Waals surface area contributed by atoms with Crippen LogP contribution in [0, 0.1) is 12.3 Å². The molecule has 0 aliphatic heterocycles. The zero-order valence-electron chi connectivity index (χ0n) is 15.9. The van der Waals surface area contributed by atoms with Gasteiger partial charge in [-0.2, -0.15) is 0 Å². The van der Waals surface area contributed by atoms with Crippen molar-refractivity contribution in [2.24, 2.45) is 0 Å². The van der Waals surface area contributed by atoms with E-state index in [1.165, 1.54) is 17.7 Å². The van der Waals surface area contributed by atoms with E-state index in [1.54, 1.807) is 61.4 Å². The third kappa shape index (κ3) is 5.14. The number of carbonyl (C=O) groups is 2. The molecule has 0 unspecified atom stereocenters. The van der Waals surface area contributed by atoms with Crippen molar-refractivity contribution >= 4 is 29.3 Å². The molecule has 0 bridgehead atoms. The Morgan fingerprint density at radius 3 is 2.82 bits per heavy atom. The number of nitrogens with one attached hydrogen (secondary N) is 1. The first-order valence-electron chi connectivity index (χ1n) is 9.30. The Morgan fingerprint density at radius 1 is 1.29 bits per heavy atom. The van der Waals surface area contributed by atoms with Gasteiger partial charge in [0.2, 0.25) is 5.91 Å². The smallest absolute Gasteiger partial charge is 0.256 e. The number of thioether (sulfide) groups is 1. The van der Waals surface area contributed by atoms with Gasteiger partial charge in [0.1, 0.15) is 5.03 Å². The number of pyridine rings is 1. The molecule has 0 radical (unpaired) electrons. The van der Waals surface area contributed by atoms with Crippen molar-refractivity contribution in [2.75, 3.05) is 18.9 Å². The molecule has 1 aliphatic carbocycles. The van der Waals surface area contributed by atoms with Crippen molar-refractivity contribution in [1.82, 2.24) is 9.88 Å². The highest BCUT2D eigenvalue weighted by Crippen LogP contribution is 2.35. The standard InChI is InChI=1S/C22H23N3O2S/c1-3-16-8-6-9-17(14-16)24-20(26)15-25(2)22(27)19-12-7-13-23-21(19)28-18-10-4-5-11-18/h1,6-9,12-14,18H,4-5,10-11,15H2,2H3,(H,24,26). The Morgan fingerprint density at radius 2 is 2.07 bits per heavy atom. The molecule has 6 heteroatoms. The van der Waals surface area contributed by atoms with E-state index >= 15 is 0 Å². The fourth-order valence-electron chi connectivity index (χ4n) is 3.19. The topological polar surface area (TPSA) is 62.3 Å². The van der Waals surface area contributed by atoms with E-state index in [1.807, 2.05) is 0 Å². The number of rotatable bonds is 6. The van der Waals surface area contributed by atoms with Gasteiger partial charge in [-0.15, -0.1) is 18.2 Å². The molecule has 1 aliphatic rings. The molecule has 0 saturated heterocycles. The summed E-state index contributed by atoms with van der Waals surface area (Å²) in [4.78, 5) is 31.1. The molecule has 5 nitrogen and oxygen atoms in total. The van der Waals surface area contributed by atoms with Crippen molar-refractivity contribution in [3.05, 3.63) is 53.7 Å². The first kappa shape index (κ1) is 20.0. The summed E-state index contributed by atoms with van der Waals surface area (Å²) in [6.07, 6.45) is 11.9. The van der Waals surface area contributed by atoms with Crippen LogP contribution < -0.4 is 5.32 Å². The number of amides is 2. The van der Waals surface area contributed by atoms with Gasteiger partial charge in [0.15, 0.2) is 0 Å². The van der Waals surface area contributed by atoms with Gasteiger partial charge in [-0.3, -0.25) is 9.59 Å². The van der Waals surface area contributed by atoms with Gasteiger partial charge < -0.3 is 10.2 Å². The molecular weight excluding hydrogens is 370 g/mol. The largest absolute Gasteiger partial charge is 0.332 e. The van der Waals surface area contributed by atoms with Gasteiger partial charge in [-0.1, -0.05) is 24.8 Å². The lowest BCUT2D eigenvalue weighted by atomic mass is 10.2. The van der Waals surface area contributed by atoms with E-state index in [0.29, 0.717) is 22.1 Å². The lowest BCUT2D eigenvalue weighted by molar-refractivity contribution is -0.116. The number of hydrogen-bond donors (Lipinski definition) is 1. The molecule has 1 fully saturated rings. The second-order valence-electron chi connectivity index (χ2n) is 6.81. The van der Waals surface area contributed by atoms with Gasteiger partial charge in [0, 0.05) is 29.7 Å². The summed E-state index contributed by atoms with van der Waals surface area (Å²) in [6.45, 7) is -0.0540. The van der Waals surface area contributed by atoms with Gasteiger partial charge >= 0.3 is 0 Å². The van der Waals surface area contributed by atoms with E-state index in [4.69, 9.17) is 6.42 Å². The Kier molecular flexibility index (Phi) is 6.72. The number of aromatic nitrogens is 1. The molecule has 1 N–H and O–H groups in total. The van der Waals surface area contributed by atoms with E-state index in [-0.39, 0.29) is 18.4 Å². The highest BCUT2D eigenvalue weighted by Gasteiger charge is 2.23. The van der Waals surface area contributed by atoms with Gasteiger partial charge in [0.05, 0.1) is 12.1 Å². The normalized spacial score (nSPS) is 13.7. The Balaban J connectivity index is 1.64. The van der Waals surface area contributed by atoms with Crippen LogP contribution >= 0.6 is 11.8 Å². The Bertz CT molecular complexity index is 901. The second kappa shape index (κ2) is 9.43. The average Bonchev–Trinajstić information content (AvgIpc) is 3.21. The van der Waals surface area contributed by atoms with E-state index < -0.39 is 0 Å². The van der Waals surface area contributed by atoms with Gasteiger partial charge in [-0.25, -0.2) is 4.98 Å². The Hall–Kier alpha value is -2.78. The van der Waals surface area contributed by atoms with Crippen LogP contribution in [0.1, 0.15) is 41.6 Å². The number of carbonyl (C=O) groups excluding carboxylic acids is 2. The summed E-state index contributed by atoms with van der Waals surface area (Å²) in [5.41, 5.74) is 1.84. The minimum absolute atomic E-state index is 0.0540. The molecule has 1 heterocycles. The molecule has 144 valence electrons. The van der Waals surface area contributed by atoms with Crippen molar-refractivity contribution in [1.29, 1.82) is 0 Å². The fraction of sp³-hybridized carbons (Fsp3) is 0.318. The van der Waals surface area contributed by atoms with Crippen molar-refractivity contribution in [3.8, 4) is 12.3 Å².